The third-order valence-corrected chi connectivity index (χ3v) is 2.84. The standard InChI is InChI=1S/C14H20BrNO/c1-3-4-5-14(17)16-13-8-6-12(7-9-13)10-11(2)15/h6-9,11H,3-5,10H2,1-2H3,(H,16,17). The molecule has 0 saturated carbocycles. The quantitative estimate of drug-likeness (QED) is 0.786. The normalized spacial score (nSPS) is 12.2. The molecule has 3 heteroatoms. The molecule has 1 unspecified atom stereocenters. The number of carbonyl (C=O) groups is 1. The summed E-state index contributed by atoms with van der Waals surface area (Å²) in [5.41, 5.74) is 2.16. The topological polar surface area (TPSA) is 29.1 Å². The molecule has 0 spiro atoms. The van der Waals surface area contributed by atoms with Crippen molar-refractivity contribution in [2.45, 2.75) is 44.4 Å². The van der Waals surface area contributed by atoms with E-state index in [0.717, 1.165) is 24.9 Å². The summed E-state index contributed by atoms with van der Waals surface area (Å²) in [6.45, 7) is 4.21. The first-order chi connectivity index (χ1) is 8.11. The van der Waals surface area contributed by atoms with Crippen LogP contribution in [0, 0.1) is 0 Å². The summed E-state index contributed by atoms with van der Waals surface area (Å²) in [4.78, 5) is 12.0. The van der Waals surface area contributed by atoms with Gasteiger partial charge in [0.1, 0.15) is 0 Å². The van der Waals surface area contributed by atoms with E-state index in [2.05, 4.69) is 47.2 Å². The second-order valence-corrected chi connectivity index (χ2v) is 5.90. The summed E-state index contributed by atoms with van der Waals surface area (Å²) in [6.07, 6.45) is 3.61. The van der Waals surface area contributed by atoms with E-state index in [9.17, 15) is 4.79 Å². The third kappa shape index (κ3) is 5.87. The van der Waals surface area contributed by atoms with Crippen molar-refractivity contribution in [2.24, 2.45) is 0 Å². The average Bonchev–Trinajstić information content (AvgIpc) is 2.28. The Morgan fingerprint density at radius 3 is 2.53 bits per heavy atom. The lowest BCUT2D eigenvalue weighted by atomic mass is 10.1. The van der Waals surface area contributed by atoms with E-state index in [1.807, 2.05) is 12.1 Å². The number of hydrogen-bond donors (Lipinski definition) is 1. The minimum absolute atomic E-state index is 0.105. The molecule has 0 aliphatic heterocycles. The Morgan fingerprint density at radius 2 is 2.00 bits per heavy atom. The van der Waals surface area contributed by atoms with Crippen LogP contribution in [0.1, 0.15) is 38.7 Å². The van der Waals surface area contributed by atoms with E-state index in [4.69, 9.17) is 0 Å². The molecule has 0 heterocycles. The van der Waals surface area contributed by atoms with Crippen LogP contribution in [0.3, 0.4) is 0 Å². The van der Waals surface area contributed by atoms with E-state index in [0.29, 0.717) is 11.2 Å². The van der Waals surface area contributed by atoms with Crippen LogP contribution in [-0.2, 0) is 11.2 Å². The molecule has 17 heavy (non-hydrogen) atoms. The lowest BCUT2D eigenvalue weighted by molar-refractivity contribution is -0.116. The Hall–Kier alpha value is -0.830. The maximum absolute atomic E-state index is 11.5. The van der Waals surface area contributed by atoms with Crippen LogP contribution in [0.25, 0.3) is 0 Å². The molecule has 0 aliphatic carbocycles. The second kappa shape index (κ2) is 7.49. The van der Waals surface area contributed by atoms with Gasteiger partial charge >= 0.3 is 0 Å². The van der Waals surface area contributed by atoms with Gasteiger partial charge in [0.2, 0.25) is 5.91 Å². The number of amides is 1. The maximum Gasteiger partial charge on any atom is 0.224 e. The first-order valence-corrected chi connectivity index (χ1v) is 7.06. The number of halogens is 1. The van der Waals surface area contributed by atoms with Crippen molar-refractivity contribution >= 4 is 27.5 Å². The number of hydrogen-bond acceptors (Lipinski definition) is 1. The molecule has 2 nitrogen and oxygen atoms in total. The van der Waals surface area contributed by atoms with Crippen molar-refractivity contribution in [3.63, 3.8) is 0 Å². The molecule has 0 fully saturated rings. The molecule has 0 aliphatic rings. The van der Waals surface area contributed by atoms with Crippen molar-refractivity contribution < 1.29 is 4.79 Å². The van der Waals surface area contributed by atoms with Gasteiger partial charge in [-0.2, -0.15) is 0 Å². The molecule has 1 N–H and O–H groups in total. The van der Waals surface area contributed by atoms with Crippen molar-refractivity contribution in [3.05, 3.63) is 29.8 Å². The molecule has 1 atom stereocenters. The summed E-state index contributed by atoms with van der Waals surface area (Å²) < 4.78 is 0. The van der Waals surface area contributed by atoms with Crippen molar-refractivity contribution in [3.8, 4) is 0 Å². The second-order valence-electron chi connectivity index (χ2n) is 4.33. The molecular formula is C14H20BrNO. The maximum atomic E-state index is 11.5. The molecule has 1 aromatic rings. The summed E-state index contributed by atoms with van der Waals surface area (Å²) >= 11 is 3.53. The number of unbranched alkanes of at least 4 members (excludes halogenated alkanes) is 1. The summed E-state index contributed by atoms with van der Waals surface area (Å²) in [7, 11) is 0. The van der Waals surface area contributed by atoms with Crippen LogP contribution in [0.5, 0.6) is 0 Å². The van der Waals surface area contributed by atoms with E-state index >= 15 is 0 Å². The largest absolute Gasteiger partial charge is 0.326 e. The van der Waals surface area contributed by atoms with Gasteiger partial charge in [0, 0.05) is 16.9 Å². The molecular weight excluding hydrogens is 278 g/mol. The first kappa shape index (κ1) is 14.2. The minimum atomic E-state index is 0.105. The third-order valence-electron chi connectivity index (χ3n) is 2.51. The molecule has 0 aromatic heterocycles. The van der Waals surface area contributed by atoms with Gasteiger partial charge in [-0.1, -0.05) is 48.3 Å². The number of carbonyl (C=O) groups excluding carboxylic acids is 1. The van der Waals surface area contributed by atoms with Gasteiger partial charge in [-0.15, -0.1) is 0 Å². The highest BCUT2D eigenvalue weighted by Crippen LogP contribution is 2.14. The van der Waals surface area contributed by atoms with Crippen LogP contribution in [0.2, 0.25) is 0 Å². The number of anilines is 1. The molecule has 0 bridgehead atoms. The van der Waals surface area contributed by atoms with Crippen molar-refractivity contribution in [1.82, 2.24) is 0 Å². The van der Waals surface area contributed by atoms with Crippen molar-refractivity contribution in [1.29, 1.82) is 0 Å². The van der Waals surface area contributed by atoms with Gasteiger partial charge < -0.3 is 5.32 Å². The zero-order chi connectivity index (χ0) is 12.7. The molecule has 0 saturated heterocycles. The molecule has 1 rings (SSSR count). The number of rotatable bonds is 6. The summed E-state index contributed by atoms with van der Waals surface area (Å²) in [5.74, 6) is 0.105. The highest BCUT2D eigenvalue weighted by atomic mass is 79.9. The van der Waals surface area contributed by atoms with Crippen LogP contribution in [0.15, 0.2) is 24.3 Å². The smallest absolute Gasteiger partial charge is 0.224 e. The molecule has 94 valence electrons. The Morgan fingerprint density at radius 1 is 1.35 bits per heavy atom. The Balaban J connectivity index is 2.47. The molecule has 1 aromatic carbocycles. The van der Waals surface area contributed by atoms with Crippen LogP contribution >= 0.6 is 15.9 Å². The summed E-state index contributed by atoms with van der Waals surface area (Å²) in [6, 6.07) is 8.06. The monoisotopic (exact) mass is 297 g/mol. The Kier molecular flexibility index (Phi) is 6.27. The minimum Gasteiger partial charge on any atom is -0.326 e. The van der Waals surface area contributed by atoms with E-state index in [1.165, 1.54) is 5.56 Å². The van der Waals surface area contributed by atoms with Gasteiger partial charge in [0.05, 0.1) is 0 Å². The lowest BCUT2D eigenvalue weighted by Gasteiger charge is -2.07. The van der Waals surface area contributed by atoms with Gasteiger partial charge in [-0.05, 0) is 30.5 Å². The highest BCUT2D eigenvalue weighted by Gasteiger charge is 2.02. The predicted octanol–water partition coefficient (Wildman–Crippen LogP) is 4.14. The Labute approximate surface area is 112 Å². The van der Waals surface area contributed by atoms with E-state index < -0.39 is 0 Å². The fourth-order valence-electron chi connectivity index (χ4n) is 1.61. The van der Waals surface area contributed by atoms with E-state index in [1.54, 1.807) is 0 Å². The Bertz CT molecular complexity index is 346. The van der Waals surface area contributed by atoms with Gasteiger partial charge in [0.25, 0.3) is 0 Å². The van der Waals surface area contributed by atoms with Crippen LogP contribution in [-0.4, -0.2) is 10.7 Å². The zero-order valence-corrected chi connectivity index (χ0v) is 12.1. The van der Waals surface area contributed by atoms with E-state index in [-0.39, 0.29) is 5.91 Å². The van der Waals surface area contributed by atoms with Gasteiger partial charge in [0.15, 0.2) is 0 Å². The number of benzene rings is 1. The zero-order valence-electron chi connectivity index (χ0n) is 10.5. The van der Waals surface area contributed by atoms with Gasteiger partial charge in [-0.3, -0.25) is 4.79 Å². The fraction of sp³-hybridized carbons (Fsp3) is 0.500. The average molecular weight is 298 g/mol. The number of alkyl halides is 1. The predicted molar refractivity (Wildman–Crippen MR) is 76.7 cm³/mol. The van der Waals surface area contributed by atoms with Gasteiger partial charge in [-0.25, -0.2) is 0 Å². The summed E-state index contributed by atoms with van der Waals surface area (Å²) in [5, 5.41) is 2.91. The lowest BCUT2D eigenvalue weighted by Crippen LogP contribution is -2.10. The fourth-order valence-corrected chi connectivity index (χ4v) is 1.98. The number of nitrogens with one attached hydrogen (secondary N) is 1. The molecule has 1 amide bonds. The van der Waals surface area contributed by atoms with Crippen molar-refractivity contribution in [2.75, 3.05) is 5.32 Å². The van der Waals surface area contributed by atoms with Crippen LogP contribution in [0.4, 0.5) is 5.69 Å². The molecule has 0 radical (unpaired) electrons. The first-order valence-electron chi connectivity index (χ1n) is 6.14. The highest BCUT2D eigenvalue weighted by molar-refractivity contribution is 9.09. The van der Waals surface area contributed by atoms with Crippen LogP contribution < -0.4 is 5.32 Å². The SMILES string of the molecule is CCCCC(=O)Nc1ccc(CC(C)Br)cc1.